The van der Waals surface area contributed by atoms with Crippen molar-refractivity contribution in [2.24, 2.45) is 5.92 Å². The van der Waals surface area contributed by atoms with Crippen LogP contribution in [0.5, 0.6) is 17.2 Å². The summed E-state index contributed by atoms with van der Waals surface area (Å²) < 4.78 is 20.1. The molecular weight excluding hydrogens is 570 g/mol. The molecule has 0 saturated heterocycles. The van der Waals surface area contributed by atoms with E-state index in [0.717, 1.165) is 29.5 Å². The van der Waals surface area contributed by atoms with Gasteiger partial charge in [0.15, 0.2) is 11.5 Å². The highest BCUT2D eigenvalue weighted by Gasteiger charge is 2.33. The van der Waals surface area contributed by atoms with Crippen molar-refractivity contribution in [1.29, 1.82) is 0 Å². The SMILES string of the molecule is CCCCOc1c(Br)cc(C(=O)n2c3c(c4cc5c(cc42)OCO5)CC(C(=O)O)CC3)cc1Br. The molecular formula is C25H23Br2NO6. The van der Waals surface area contributed by atoms with Gasteiger partial charge in [-0.15, -0.1) is 0 Å². The summed E-state index contributed by atoms with van der Waals surface area (Å²) in [5.74, 6) is 0.363. The Bertz CT molecular complexity index is 1290. The zero-order valence-corrected chi connectivity index (χ0v) is 21.7. The smallest absolute Gasteiger partial charge is 0.306 e. The fourth-order valence-electron chi connectivity index (χ4n) is 4.66. The van der Waals surface area contributed by atoms with Crippen LogP contribution in [-0.2, 0) is 17.6 Å². The molecule has 0 radical (unpaired) electrons. The number of ether oxygens (including phenoxy) is 3. The lowest BCUT2D eigenvalue weighted by atomic mass is 9.86. The van der Waals surface area contributed by atoms with Crippen molar-refractivity contribution >= 4 is 54.6 Å². The molecule has 2 heterocycles. The molecule has 3 aromatic rings. The van der Waals surface area contributed by atoms with E-state index >= 15 is 0 Å². The summed E-state index contributed by atoms with van der Waals surface area (Å²) >= 11 is 7.10. The first-order chi connectivity index (χ1) is 16.4. The monoisotopic (exact) mass is 591 g/mol. The molecule has 1 atom stereocenters. The van der Waals surface area contributed by atoms with Gasteiger partial charge in [0.1, 0.15) is 5.75 Å². The highest BCUT2D eigenvalue weighted by Crippen LogP contribution is 2.43. The molecule has 2 aliphatic rings. The largest absolute Gasteiger partial charge is 0.491 e. The van der Waals surface area contributed by atoms with E-state index in [2.05, 4.69) is 38.8 Å². The summed E-state index contributed by atoms with van der Waals surface area (Å²) in [5.41, 5.74) is 2.91. The second-order valence-electron chi connectivity index (χ2n) is 8.54. The highest BCUT2D eigenvalue weighted by molar-refractivity contribution is 9.11. The van der Waals surface area contributed by atoms with Crippen LogP contribution in [0.25, 0.3) is 10.9 Å². The molecule has 0 saturated carbocycles. The van der Waals surface area contributed by atoms with Crippen molar-refractivity contribution in [3.05, 3.63) is 50.0 Å². The fourth-order valence-corrected chi connectivity index (χ4v) is 6.07. The van der Waals surface area contributed by atoms with Crippen LogP contribution < -0.4 is 14.2 Å². The molecule has 2 aromatic carbocycles. The number of carboxylic acid groups (broad SMARTS) is 1. The molecule has 178 valence electrons. The van der Waals surface area contributed by atoms with Crippen molar-refractivity contribution in [3.63, 3.8) is 0 Å². The maximum atomic E-state index is 13.9. The van der Waals surface area contributed by atoms with Crippen LogP contribution in [0.3, 0.4) is 0 Å². The first-order valence-electron chi connectivity index (χ1n) is 11.2. The lowest BCUT2D eigenvalue weighted by Gasteiger charge is -2.21. The molecule has 9 heteroatoms. The van der Waals surface area contributed by atoms with Gasteiger partial charge in [-0.25, -0.2) is 0 Å². The van der Waals surface area contributed by atoms with Gasteiger partial charge < -0.3 is 19.3 Å². The highest BCUT2D eigenvalue weighted by atomic mass is 79.9. The number of aromatic nitrogens is 1. The number of benzene rings is 2. The Morgan fingerprint density at radius 2 is 1.85 bits per heavy atom. The van der Waals surface area contributed by atoms with Crippen molar-refractivity contribution in [2.45, 2.75) is 39.0 Å². The Hall–Kier alpha value is -2.52. The fraction of sp³-hybridized carbons (Fsp3) is 0.360. The van der Waals surface area contributed by atoms with Crippen LogP contribution in [-0.4, -0.2) is 34.9 Å². The van der Waals surface area contributed by atoms with Crippen LogP contribution >= 0.6 is 31.9 Å². The third kappa shape index (κ3) is 3.98. The predicted molar refractivity (Wildman–Crippen MR) is 133 cm³/mol. The standard InChI is InChI=1S/C25H23Br2NO6/c1-2-3-6-32-23-17(26)8-14(9-18(23)27)24(29)28-19-5-4-13(25(30)31)7-15(19)16-10-21-22(11-20(16)28)34-12-33-21/h8-11,13H,2-7,12H2,1H3,(H,30,31). The molecule has 1 N–H and O–H groups in total. The minimum Gasteiger partial charge on any atom is -0.491 e. The molecule has 7 nitrogen and oxygen atoms in total. The van der Waals surface area contributed by atoms with E-state index in [0.29, 0.717) is 63.1 Å². The number of hydrogen-bond donors (Lipinski definition) is 1. The normalized spacial score (nSPS) is 16.5. The first-order valence-corrected chi connectivity index (χ1v) is 12.8. The number of carbonyl (C=O) groups is 2. The number of carboxylic acids is 1. The maximum absolute atomic E-state index is 13.9. The Kier molecular flexibility index (Phi) is 6.33. The minimum atomic E-state index is -0.815. The van der Waals surface area contributed by atoms with E-state index in [1.807, 2.05) is 12.1 Å². The number of unbranched alkanes of at least 4 members (excludes halogenated alkanes) is 1. The Morgan fingerprint density at radius 1 is 1.15 bits per heavy atom. The van der Waals surface area contributed by atoms with E-state index in [4.69, 9.17) is 14.2 Å². The number of nitrogens with zero attached hydrogens (tertiary/aromatic N) is 1. The first kappa shape index (κ1) is 23.2. The number of carbonyl (C=O) groups excluding carboxylic acids is 1. The Labute approximate surface area is 213 Å². The van der Waals surface area contributed by atoms with Crippen LogP contribution in [0.2, 0.25) is 0 Å². The molecule has 1 aromatic heterocycles. The van der Waals surface area contributed by atoms with Crippen LogP contribution in [0.15, 0.2) is 33.2 Å². The van der Waals surface area contributed by atoms with E-state index < -0.39 is 11.9 Å². The average molecular weight is 593 g/mol. The summed E-state index contributed by atoms with van der Waals surface area (Å²) in [5, 5.41) is 10.4. The summed E-state index contributed by atoms with van der Waals surface area (Å²) in [4.78, 5) is 25.6. The van der Waals surface area contributed by atoms with Crippen LogP contribution in [0.4, 0.5) is 0 Å². The van der Waals surface area contributed by atoms with Gasteiger partial charge in [0.2, 0.25) is 6.79 Å². The van der Waals surface area contributed by atoms with E-state index in [-0.39, 0.29) is 12.7 Å². The van der Waals surface area contributed by atoms with Crippen molar-refractivity contribution in [3.8, 4) is 17.2 Å². The molecule has 1 aliphatic carbocycles. The molecule has 1 unspecified atom stereocenters. The zero-order chi connectivity index (χ0) is 24.0. The third-order valence-electron chi connectivity index (χ3n) is 6.40. The molecule has 1 aliphatic heterocycles. The maximum Gasteiger partial charge on any atom is 0.306 e. The summed E-state index contributed by atoms with van der Waals surface area (Å²) in [6, 6.07) is 7.21. The molecule has 0 bridgehead atoms. The zero-order valence-electron chi connectivity index (χ0n) is 18.5. The van der Waals surface area contributed by atoms with Gasteiger partial charge in [-0.2, -0.15) is 0 Å². The molecule has 34 heavy (non-hydrogen) atoms. The number of rotatable bonds is 6. The minimum absolute atomic E-state index is 0.120. The third-order valence-corrected chi connectivity index (χ3v) is 7.58. The van der Waals surface area contributed by atoms with Crippen LogP contribution in [0, 0.1) is 5.92 Å². The van der Waals surface area contributed by atoms with Crippen molar-refractivity contribution in [2.75, 3.05) is 13.4 Å². The van der Waals surface area contributed by atoms with E-state index in [9.17, 15) is 14.7 Å². The second-order valence-corrected chi connectivity index (χ2v) is 10.2. The lowest BCUT2D eigenvalue weighted by Crippen LogP contribution is -2.24. The predicted octanol–water partition coefficient (Wildman–Crippen LogP) is 5.95. The Morgan fingerprint density at radius 3 is 2.53 bits per heavy atom. The van der Waals surface area contributed by atoms with Gasteiger partial charge in [0.25, 0.3) is 5.91 Å². The van der Waals surface area contributed by atoms with Gasteiger partial charge in [-0.3, -0.25) is 14.2 Å². The Balaban J connectivity index is 1.61. The van der Waals surface area contributed by atoms with E-state index in [1.165, 1.54) is 0 Å². The van der Waals surface area contributed by atoms with Gasteiger partial charge >= 0.3 is 5.97 Å². The average Bonchev–Trinajstić information content (AvgIpc) is 3.40. The number of halogens is 2. The molecule has 0 amide bonds. The lowest BCUT2D eigenvalue weighted by molar-refractivity contribution is -0.142. The quantitative estimate of drug-likeness (QED) is 0.356. The summed E-state index contributed by atoms with van der Waals surface area (Å²) in [7, 11) is 0. The topological polar surface area (TPSA) is 87.0 Å². The summed E-state index contributed by atoms with van der Waals surface area (Å²) in [6.07, 6.45) is 3.32. The van der Waals surface area contributed by atoms with Crippen LogP contribution in [0.1, 0.15) is 47.8 Å². The van der Waals surface area contributed by atoms with Gasteiger partial charge in [-0.05, 0) is 81.3 Å². The molecule has 0 fully saturated rings. The van der Waals surface area contributed by atoms with Gasteiger partial charge in [-0.1, -0.05) is 13.3 Å². The summed E-state index contributed by atoms with van der Waals surface area (Å²) in [6.45, 7) is 2.81. The molecule has 5 rings (SSSR count). The molecule has 0 spiro atoms. The number of aliphatic carboxylic acids is 1. The van der Waals surface area contributed by atoms with Crippen molar-refractivity contribution < 1.29 is 28.9 Å². The second kappa shape index (κ2) is 9.26. The van der Waals surface area contributed by atoms with Crippen molar-refractivity contribution in [1.82, 2.24) is 4.57 Å². The number of hydrogen-bond acceptors (Lipinski definition) is 5. The van der Waals surface area contributed by atoms with E-state index in [1.54, 1.807) is 16.7 Å². The number of fused-ring (bicyclic) bond motifs is 4. The van der Waals surface area contributed by atoms with Gasteiger partial charge in [0, 0.05) is 22.7 Å². The van der Waals surface area contributed by atoms with Gasteiger partial charge in [0.05, 0.1) is 27.0 Å².